The van der Waals surface area contributed by atoms with E-state index in [1.807, 2.05) is 32.0 Å². The Labute approximate surface area is 133 Å². The van der Waals surface area contributed by atoms with Crippen molar-refractivity contribution in [1.29, 1.82) is 0 Å². The second-order valence-electron chi connectivity index (χ2n) is 4.94. The van der Waals surface area contributed by atoms with Gasteiger partial charge >= 0.3 is 0 Å². The van der Waals surface area contributed by atoms with E-state index in [0.29, 0.717) is 4.90 Å². The number of hydrogen-bond donors (Lipinski definition) is 1. The maximum Gasteiger partial charge on any atom is 0.234 e. The van der Waals surface area contributed by atoms with Crippen molar-refractivity contribution in [3.8, 4) is 0 Å². The number of anilines is 1. The molecule has 0 bridgehead atoms. The molecule has 1 amide bonds. The number of rotatable bonds is 5. The first kappa shape index (κ1) is 16.1. The number of aromatic carboxylic acids is 1. The summed E-state index contributed by atoms with van der Waals surface area (Å²) in [7, 11) is 0. The normalized spacial score (nSPS) is 10.3. The van der Waals surface area contributed by atoms with Gasteiger partial charge < -0.3 is 15.2 Å². The van der Waals surface area contributed by atoms with E-state index in [2.05, 4.69) is 5.32 Å². The predicted octanol–water partition coefficient (Wildman–Crippen LogP) is 2.40. The lowest BCUT2D eigenvalue weighted by molar-refractivity contribution is -0.255. The lowest BCUT2D eigenvalue weighted by atomic mass is 10.1. The van der Waals surface area contributed by atoms with Gasteiger partial charge in [0.15, 0.2) is 0 Å². The van der Waals surface area contributed by atoms with Crippen LogP contribution in [-0.2, 0) is 4.79 Å². The summed E-state index contributed by atoms with van der Waals surface area (Å²) in [4.78, 5) is 23.5. The monoisotopic (exact) mass is 314 g/mol. The van der Waals surface area contributed by atoms with Crippen molar-refractivity contribution in [2.75, 3.05) is 11.1 Å². The van der Waals surface area contributed by atoms with Gasteiger partial charge in [-0.3, -0.25) is 4.79 Å². The predicted molar refractivity (Wildman–Crippen MR) is 86.0 cm³/mol. The van der Waals surface area contributed by atoms with Crippen LogP contribution in [0, 0.1) is 13.8 Å². The van der Waals surface area contributed by atoms with Gasteiger partial charge in [-0.2, -0.15) is 0 Å². The van der Waals surface area contributed by atoms with Gasteiger partial charge in [0.2, 0.25) is 5.91 Å². The number of carboxylic acid groups (broad SMARTS) is 1. The van der Waals surface area contributed by atoms with E-state index >= 15 is 0 Å². The third kappa shape index (κ3) is 4.11. The molecular formula is C17H16NO3S-. The molecule has 0 aliphatic carbocycles. The van der Waals surface area contributed by atoms with Crippen LogP contribution in [-0.4, -0.2) is 17.6 Å². The maximum absolute atomic E-state index is 12.0. The Morgan fingerprint density at radius 3 is 2.55 bits per heavy atom. The Kier molecular flexibility index (Phi) is 5.22. The molecule has 0 fully saturated rings. The number of carbonyl (C=O) groups is 2. The van der Waals surface area contributed by atoms with Crippen molar-refractivity contribution in [3.63, 3.8) is 0 Å². The van der Waals surface area contributed by atoms with Crippen LogP contribution in [0.5, 0.6) is 0 Å². The van der Waals surface area contributed by atoms with E-state index in [1.54, 1.807) is 18.2 Å². The molecule has 4 nitrogen and oxygen atoms in total. The molecule has 2 rings (SSSR count). The van der Waals surface area contributed by atoms with Gasteiger partial charge in [0.05, 0.1) is 11.7 Å². The molecule has 22 heavy (non-hydrogen) atoms. The van der Waals surface area contributed by atoms with E-state index in [0.717, 1.165) is 16.8 Å². The lowest BCUT2D eigenvalue weighted by Crippen LogP contribution is -2.23. The van der Waals surface area contributed by atoms with Crippen LogP contribution in [0.1, 0.15) is 21.5 Å². The highest BCUT2D eigenvalue weighted by Gasteiger charge is 2.08. The second kappa shape index (κ2) is 7.13. The van der Waals surface area contributed by atoms with Crippen LogP contribution in [0.2, 0.25) is 0 Å². The molecule has 0 saturated heterocycles. The number of thioether (sulfide) groups is 1. The number of carbonyl (C=O) groups excluding carboxylic acids is 2. The molecule has 0 unspecified atom stereocenters. The van der Waals surface area contributed by atoms with Gasteiger partial charge in [-0.05, 0) is 31.5 Å². The Balaban J connectivity index is 2.00. The molecule has 5 heteroatoms. The molecular weight excluding hydrogens is 298 g/mol. The largest absolute Gasteiger partial charge is 0.545 e. The molecule has 0 saturated carbocycles. The summed E-state index contributed by atoms with van der Waals surface area (Å²) >= 11 is 1.18. The number of nitrogens with one attached hydrogen (secondary N) is 1. The average Bonchev–Trinajstić information content (AvgIpc) is 2.48. The van der Waals surface area contributed by atoms with Crippen LogP contribution in [0.3, 0.4) is 0 Å². The van der Waals surface area contributed by atoms with E-state index in [1.165, 1.54) is 17.8 Å². The fourth-order valence-electron chi connectivity index (χ4n) is 2.04. The van der Waals surface area contributed by atoms with Gasteiger partial charge in [-0.1, -0.05) is 35.9 Å². The molecule has 114 valence electrons. The maximum atomic E-state index is 12.0. The third-order valence-corrected chi connectivity index (χ3v) is 4.20. The van der Waals surface area contributed by atoms with Crippen molar-refractivity contribution >= 4 is 29.3 Å². The standard InChI is InChI=1S/C17H17NO3S/c1-11-7-8-14(12(2)9-11)18-16(19)10-22-15-6-4-3-5-13(15)17(20)21/h3-9H,10H2,1-2H3,(H,18,19)(H,20,21)/p-1. The molecule has 0 aliphatic heterocycles. The first-order chi connectivity index (χ1) is 10.5. The van der Waals surface area contributed by atoms with Gasteiger partial charge in [0, 0.05) is 16.1 Å². The van der Waals surface area contributed by atoms with Crippen molar-refractivity contribution in [3.05, 3.63) is 59.2 Å². The molecule has 0 aliphatic rings. The van der Waals surface area contributed by atoms with Crippen molar-refractivity contribution in [2.24, 2.45) is 0 Å². The molecule has 2 aromatic carbocycles. The van der Waals surface area contributed by atoms with Crippen molar-refractivity contribution in [1.82, 2.24) is 0 Å². The summed E-state index contributed by atoms with van der Waals surface area (Å²) in [5.41, 5.74) is 3.00. The third-order valence-electron chi connectivity index (χ3n) is 3.12. The van der Waals surface area contributed by atoms with Crippen molar-refractivity contribution in [2.45, 2.75) is 18.7 Å². The topological polar surface area (TPSA) is 69.2 Å². The number of benzene rings is 2. The first-order valence-electron chi connectivity index (χ1n) is 6.77. The minimum absolute atomic E-state index is 0.104. The molecule has 1 N–H and O–H groups in total. The minimum Gasteiger partial charge on any atom is -0.545 e. The number of carboxylic acids is 1. The van der Waals surface area contributed by atoms with Crippen LogP contribution >= 0.6 is 11.8 Å². The van der Waals surface area contributed by atoms with Gasteiger partial charge in [0.25, 0.3) is 0 Å². The molecule has 2 aromatic rings. The minimum atomic E-state index is -1.24. The van der Waals surface area contributed by atoms with Crippen LogP contribution in [0.25, 0.3) is 0 Å². The average molecular weight is 314 g/mol. The van der Waals surface area contributed by atoms with Gasteiger partial charge in [-0.25, -0.2) is 0 Å². The van der Waals surface area contributed by atoms with Crippen LogP contribution < -0.4 is 10.4 Å². The van der Waals surface area contributed by atoms with E-state index in [9.17, 15) is 14.7 Å². The highest BCUT2D eigenvalue weighted by atomic mass is 32.2. The highest BCUT2D eigenvalue weighted by Crippen LogP contribution is 2.23. The number of hydrogen-bond acceptors (Lipinski definition) is 4. The zero-order chi connectivity index (χ0) is 16.1. The number of aryl methyl sites for hydroxylation is 2. The zero-order valence-corrected chi connectivity index (χ0v) is 13.2. The Bertz CT molecular complexity index is 713. The SMILES string of the molecule is Cc1ccc(NC(=O)CSc2ccccc2C(=O)[O-])c(C)c1. The lowest BCUT2D eigenvalue weighted by Gasteiger charge is -2.11. The van der Waals surface area contributed by atoms with Crippen LogP contribution in [0.4, 0.5) is 5.69 Å². The van der Waals surface area contributed by atoms with Gasteiger partial charge in [0.1, 0.15) is 0 Å². The first-order valence-corrected chi connectivity index (χ1v) is 7.76. The van der Waals surface area contributed by atoms with E-state index < -0.39 is 5.97 Å². The molecule has 0 heterocycles. The second-order valence-corrected chi connectivity index (χ2v) is 5.96. The van der Waals surface area contributed by atoms with Crippen molar-refractivity contribution < 1.29 is 14.7 Å². The van der Waals surface area contributed by atoms with E-state index in [-0.39, 0.29) is 17.2 Å². The molecule has 0 radical (unpaired) electrons. The summed E-state index contributed by atoms with van der Waals surface area (Å²) in [5.74, 6) is -1.28. The smallest absolute Gasteiger partial charge is 0.234 e. The molecule has 0 spiro atoms. The summed E-state index contributed by atoms with van der Waals surface area (Å²) in [6, 6.07) is 12.3. The van der Waals surface area contributed by atoms with Gasteiger partial charge in [-0.15, -0.1) is 11.8 Å². The molecule has 0 aromatic heterocycles. The Hall–Kier alpha value is -2.27. The molecule has 0 atom stereocenters. The summed E-state index contributed by atoms with van der Waals surface area (Å²) in [6.07, 6.45) is 0. The summed E-state index contributed by atoms with van der Waals surface area (Å²) in [5, 5.41) is 13.8. The fourth-order valence-corrected chi connectivity index (χ4v) is 2.89. The summed E-state index contributed by atoms with van der Waals surface area (Å²) in [6.45, 7) is 3.92. The summed E-state index contributed by atoms with van der Waals surface area (Å²) < 4.78 is 0. The fraction of sp³-hybridized carbons (Fsp3) is 0.176. The Morgan fingerprint density at radius 1 is 1.14 bits per heavy atom. The van der Waals surface area contributed by atoms with Crippen LogP contribution in [0.15, 0.2) is 47.4 Å². The Morgan fingerprint density at radius 2 is 1.86 bits per heavy atom. The zero-order valence-electron chi connectivity index (χ0n) is 12.4. The van der Waals surface area contributed by atoms with E-state index in [4.69, 9.17) is 0 Å². The quantitative estimate of drug-likeness (QED) is 0.860. The highest BCUT2D eigenvalue weighted by molar-refractivity contribution is 8.00. The number of amides is 1.